The van der Waals surface area contributed by atoms with E-state index < -0.39 is 20.2 Å². The minimum Gasteiger partial charge on any atom is -0.487 e. The molecule has 0 bridgehead atoms. The van der Waals surface area contributed by atoms with Gasteiger partial charge in [-0.25, -0.2) is 0 Å². The molecule has 0 amide bonds. The van der Waals surface area contributed by atoms with Gasteiger partial charge in [-0.15, -0.1) is 0 Å². The Kier molecular flexibility index (Phi) is 11.5. The smallest absolute Gasteiger partial charge is 0.306 e. The normalized spacial score (nSPS) is 15.2. The van der Waals surface area contributed by atoms with Crippen LogP contribution in [-0.2, 0) is 40.4 Å². The van der Waals surface area contributed by atoms with E-state index in [9.17, 15) is 21.6 Å². The van der Waals surface area contributed by atoms with Crippen LogP contribution in [0.2, 0.25) is 0 Å². The average Bonchev–Trinajstić information content (AvgIpc) is 2.68. The molecule has 1 unspecified atom stereocenters. The van der Waals surface area contributed by atoms with Crippen molar-refractivity contribution in [2.75, 3.05) is 26.2 Å². The monoisotopic (exact) mass is 482 g/mol. The van der Waals surface area contributed by atoms with E-state index in [1.54, 1.807) is 13.8 Å². The second-order valence-corrected chi connectivity index (χ2v) is 9.98. The first kappa shape index (κ1) is 29.1. The summed E-state index contributed by atoms with van der Waals surface area (Å²) in [5.41, 5.74) is 3.06. The van der Waals surface area contributed by atoms with Gasteiger partial charge >= 0.3 is 16.1 Å². The van der Waals surface area contributed by atoms with Gasteiger partial charge in [0, 0.05) is 12.5 Å². The summed E-state index contributed by atoms with van der Waals surface area (Å²) in [6.45, 7) is 10.7. The first-order valence-electron chi connectivity index (χ1n) is 9.74. The number of hydrogen-bond donors (Lipinski definition) is 0. The minimum absolute atomic E-state index is 0.0442. The minimum atomic E-state index is -3.63. The average molecular weight is 483 g/mol. The Morgan fingerprint density at radius 1 is 1.00 bits per heavy atom. The van der Waals surface area contributed by atoms with E-state index >= 15 is 0 Å². The number of rotatable bonds is 5. The van der Waals surface area contributed by atoms with Crippen molar-refractivity contribution < 1.29 is 39.5 Å². The number of hydrogen-bond acceptors (Lipinski definition) is 9. The molecule has 9 nitrogen and oxygen atoms in total. The number of carbonyl (C=O) groups excluding carboxylic acids is 1. The van der Waals surface area contributed by atoms with Crippen LogP contribution in [-0.4, -0.2) is 55.1 Å². The third-order valence-corrected chi connectivity index (χ3v) is 5.34. The Morgan fingerprint density at radius 3 is 1.94 bits per heavy atom. The van der Waals surface area contributed by atoms with Crippen LogP contribution < -0.4 is 8.92 Å². The van der Waals surface area contributed by atoms with Gasteiger partial charge in [-0.05, 0) is 50.3 Å². The molecular formula is C20H34O9S2. The van der Waals surface area contributed by atoms with E-state index in [0.717, 1.165) is 29.2 Å². The van der Waals surface area contributed by atoms with Crippen LogP contribution in [0.1, 0.15) is 49.4 Å². The number of benzene rings is 1. The molecule has 0 saturated heterocycles. The van der Waals surface area contributed by atoms with Crippen molar-refractivity contribution in [3.8, 4) is 11.5 Å². The molecule has 1 aromatic carbocycles. The van der Waals surface area contributed by atoms with Crippen molar-refractivity contribution in [1.82, 2.24) is 0 Å². The Morgan fingerprint density at radius 2 is 1.52 bits per heavy atom. The molecule has 0 aromatic heterocycles. The molecule has 0 radical (unpaired) electrons. The molecule has 1 aliphatic rings. The zero-order chi connectivity index (χ0) is 24.6. The van der Waals surface area contributed by atoms with Crippen LogP contribution in [0.15, 0.2) is 0 Å². The predicted molar refractivity (Wildman–Crippen MR) is 119 cm³/mol. The summed E-state index contributed by atoms with van der Waals surface area (Å²) in [6.07, 6.45) is 2.84. The lowest BCUT2D eigenvalue weighted by atomic mass is 9.92. The van der Waals surface area contributed by atoms with Gasteiger partial charge in [-0.1, -0.05) is 13.8 Å². The topological polar surface area (TPSA) is 122 Å². The third kappa shape index (κ3) is 9.88. The molecule has 180 valence electrons. The molecule has 2 rings (SSSR count). The molecule has 0 spiro atoms. The Balaban J connectivity index is 0.00000113. The summed E-state index contributed by atoms with van der Waals surface area (Å²) >= 11 is 0. The molecule has 0 fully saturated rings. The number of ether oxygens (including phenoxy) is 2. The highest BCUT2D eigenvalue weighted by Crippen LogP contribution is 2.41. The van der Waals surface area contributed by atoms with Crippen LogP contribution in [0.5, 0.6) is 11.5 Å². The molecule has 1 aromatic rings. The van der Waals surface area contributed by atoms with E-state index in [0.29, 0.717) is 29.9 Å². The Hall–Kier alpha value is -1.85. The summed E-state index contributed by atoms with van der Waals surface area (Å²) in [6, 6.07) is 0. The fraction of sp³-hybridized carbons (Fsp3) is 0.650. The maximum Gasteiger partial charge on any atom is 0.306 e. The van der Waals surface area contributed by atoms with Crippen molar-refractivity contribution in [1.29, 1.82) is 0 Å². The first-order chi connectivity index (χ1) is 14.2. The van der Waals surface area contributed by atoms with Crippen molar-refractivity contribution in [2.45, 2.75) is 60.5 Å². The molecule has 0 N–H and O–H groups in total. The summed E-state index contributed by atoms with van der Waals surface area (Å²) in [5.74, 6) is 0.743. The number of fused-ring (bicyclic) bond motifs is 1. The van der Waals surface area contributed by atoms with Gasteiger partial charge in [0.2, 0.25) is 0 Å². The van der Waals surface area contributed by atoms with Crippen LogP contribution in [0.4, 0.5) is 0 Å². The largest absolute Gasteiger partial charge is 0.487 e. The summed E-state index contributed by atoms with van der Waals surface area (Å²) in [5, 5.41) is 0. The first-order valence-corrected chi connectivity index (χ1v) is 13.4. The van der Waals surface area contributed by atoms with Crippen molar-refractivity contribution in [2.24, 2.45) is 0 Å². The van der Waals surface area contributed by atoms with E-state index in [4.69, 9.17) is 13.1 Å². The molecule has 0 aliphatic carbocycles. The zero-order valence-corrected chi connectivity index (χ0v) is 21.3. The standard InChI is InChI=1S/C15H22O7S2.C3H6O2.C2H6/c1-9-10(2)15-13(11(3)14(9)22-24(5,18)19)7-6-12(21-15)8-20-23(4,16)17;1-3(4)5-2;1-2/h12H,6-8H2,1-5H3;1-2H3;1-2H3. The molecular weight excluding hydrogens is 448 g/mol. The van der Waals surface area contributed by atoms with Gasteiger partial charge in [-0.2, -0.15) is 16.8 Å². The predicted octanol–water partition coefficient (Wildman–Crippen LogP) is 2.83. The van der Waals surface area contributed by atoms with Gasteiger partial charge in [0.1, 0.15) is 24.2 Å². The number of carbonyl (C=O) groups is 1. The quantitative estimate of drug-likeness (QED) is 0.460. The lowest BCUT2D eigenvalue weighted by Crippen LogP contribution is -2.30. The number of methoxy groups -OCH3 is 1. The van der Waals surface area contributed by atoms with Crippen molar-refractivity contribution in [3.63, 3.8) is 0 Å². The van der Waals surface area contributed by atoms with Crippen molar-refractivity contribution >= 4 is 26.2 Å². The lowest BCUT2D eigenvalue weighted by molar-refractivity contribution is -0.137. The highest BCUT2D eigenvalue weighted by molar-refractivity contribution is 7.86. The van der Waals surface area contributed by atoms with Gasteiger partial charge in [0.05, 0.1) is 19.6 Å². The fourth-order valence-corrected chi connectivity index (χ4v) is 3.69. The fourth-order valence-electron chi connectivity index (χ4n) is 2.74. The van der Waals surface area contributed by atoms with E-state index in [1.165, 1.54) is 14.0 Å². The van der Waals surface area contributed by atoms with Crippen LogP contribution in [0.25, 0.3) is 0 Å². The summed E-state index contributed by atoms with van der Waals surface area (Å²) < 4.78 is 65.2. The molecule has 0 saturated carbocycles. The van der Waals surface area contributed by atoms with Gasteiger partial charge in [0.25, 0.3) is 10.1 Å². The van der Waals surface area contributed by atoms with Gasteiger partial charge < -0.3 is 13.7 Å². The maximum atomic E-state index is 11.5. The Labute approximate surface area is 186 Å². The molecule has 1 heterocycles. The van der Waals surface area contributed by atoms with Crippen LogP contribution in [0, 0.1) is 20.8 Å². The Bertz CT molecular complexity index is 965. The lowest BCUT2D eigenvalue weighted by Gasteiger charge is -2.30. The van der Waals surface area contributed by atoms with Gasteiger partial charge in [0.15, 0.2) is 0 Å². The van der Waals surface area contributed by atoms with Crippen LogP contribution in [0.3, 0.4) is 0 Å². The third-order valence-electron chi connectivity index (χ3n) is 4.30. The highest BCUT2D eigenvalue weighted by Gasteiger charge is 2.28. The second kappa shape index (κ2) is 12.3. The molecule has 1 aliphatic heterocycles. The van der Waals surface area contributed by atoms with Crippen molar-refractivity contribution in [3.05, 3.63) is 22.3 Å². The van der Waals surface area contributed by atoms with E-state index in [1.807, 2.05) is 20.8 Å². The van der Waals surface area contributed by atoms with Crippen LogP contribution >= 0.6 is 0 Å². The summed E-state index contributed by atoms with van der Waals surface area (Å²) in [4.78, 5) is 9.59. The highest BCUT2D eigenvalue weighted by atomic mass is 32.2. The maximum absolute atomic E-state index is 11.5. The van der Waals surface area contributed by atoms with Gasteiger partial charge in [-0.3, -0.25) is 8.98 Å². The molecule has 1 atom stereocenters. The molecule has 11 heteroatoms. The van der Waals surface area contributed by atoms with E-state index in [2.05, 4.69) is 4.74 Å². The SMILES string of the molecule is CC.COC(C)=O.Cc1c(C)c2c(c(C)c1OS(C)(=O)=O)CCC(COS(C)(=O)=O)O2. The zero-order valence-electron chi connectivity index (χ0n) is 19.7. The van der Waals surface area contributed by atoms with E-state index in [-0.39, 0.29) is 18.7 Å². The molecule has 31 heavy (non-hydrogen) atoms. The second-order valence-electron chi connectivity index (χ2n) is 6.76. The summed E-state index contributed by atoms with van der Waals surface area (Å²) in [7, 11) is -5.80. The number of esters is 1.